The Bertz CT molecular complexity index is 1060. The fraction of sp³-hybridized carbons (Fsp3) is 0.429. The first kappa shape index (κ1) is 19.2. The molecule has 0 spiro atoms. The Morgan fingerprint density at radius 2 is 1.97 bits per heavy atom. The monoisotopic (exact) mass is 395 g/mol. The molecule has 3 aromatic rings. The molecule has 8 nitrogen and oxygen atoms in total. The Balaban J connectivity index is 1.49. The highest BCUT2D eigenvalue weighted by Gasteiger charge is 2.30. The van der Waals surface area contributed by atoms with E-state index in [0.29, 0.717) is 42.2 Å². The summed E-state index contributed by atoms with van der Waals surface area (Å²) in [4.78, 5) is 30.2. The van der Waals surface area contributed by atoms with Crippen molar-refractivity contribution in [3.05, 3.63) is 52.7 Å². The Morgan fingerprint density at radius 1 is 1.21 bits per heavy atom. The zero-order valence-electron chi connectivity index (χ0n) is 16.9. The van der Waals surface area contributed by atoms with Gasteiger partial charge in [0, 0.05) is 30.9 Å². The number of aromatic nitrogens is 4. The first-order valence-corrected chi connectivity index (χ1v) is 9.96. The number of rotatable bonds is 4. The molecule has 1 aliphatic rings. The van der Waals surface area contributed by atoms with Crippen LogP contribution in [-0.2, 0) is 4.74 Å². The molecular weight excluding hydrogens is 370 g/mol. The maximum atomic E-state index is 13.2. The summed E-state index contributed by atoms with van der Waals surface area (Å²) in [5.41, 5.74) is 3.11. The van der Waals surface area contributed by atoms with Crippen molar-refractivity contribution < 1.29 is 14.3 Å². The molecule has 0 saturated carbocycles. The van der Waals surface area contributed by atoms with Gasteiger partial charge in [-0.05, 0) is 51.3 Å². The van der Waals surface area contributed by atoms with Gasteiger partial charge in [-0.3, -0.25) is 9.20 Å². The minimum absolute atomic E-state index is 0.0450. The normalized spacial score (nSPS) is 15.1. The van der Waals surface area contributed by atoms with Crippen molar-refractivity contribution in [1.82, 2.24) is 24.5 Å². The second kappa shape index (κ2) is 7.69. The lowest BCUT2D eigenvalue weighted by Crippen LogP contribution is -2.38. The molecule has 1 aliphatic heterocycles. The van der Waals surface area contributed by atoms with Crippen molar-refractivity contribution in [2.24, 2.45) is 0 Å². The number of fused-ring (bicyclic) bond motifs is 1. The van der Waals surface area contributed by atoms with Crippen LogP contribution in [0, 0.1) is 13.8 Å². The lowest BCUT2D eigenvalue weighted by atomic mass is 9.95. The third-order valence-corrected chi connectivity index (χ3v) is 5.62. The van der Waals surface area contributed by atoms with Gasteiger partial charge in [-0.15, -0.1) is 10.2 Å². The zero-order valence-corrected chi connectivity index (χ0v) is 16.9. The summed E-state index contributed by atoms with van der Waals surface area (Å²) in [6, 6.07) is 5.85. The summed E-state index contributed by atoms with van der Waals surface area (Å²) in [5.74, 6) is 0.743. The molecule has 1 saturated heterocycles. The summed E-state index contributed by atoms with van der Waals surface area (Å²) < 4.78 is 7.10. The van der Waals surface area contributed by atoms with Crippen molar-refractivity contribution in [3.63, 3.8) is 0 Å². The van der Waals surface area contributed by atoms with Crippen LogP contribution in [0.1, 0.15) is 63.6 Å². The van der Waals surface area contributed by atoms with E-state index in [4.69, 9.17) is 4.74 Å². The minimum atomic E-state index is -0.426. The number of hydrogen-bond acceptors (Lipinski definition) is 5. The van der Waals surface area contributed by atoms with Gasteiger partial charge in [-0.1, -0.05) is 6.07 Å². The van der Waals surface area contributed by atoms with Crippen LogP contribution < -0.4 is 0 Å². The van der Waals surface area contributed by atoms with Crippen LogP contribution in [0.25, 0.3) is 5.65 Å². The number of esters is 1. The largest absolute Gasteiger partial charge is 0.461 e. The fourth-order valence-corrected chi connectivity index (χ4v) is 4.12. The molecule has 0 aromatic carbocycles. The Labute approximate surface area is 168 Å². The topological polar surface area (TPSA) is 92.6 Å². The van der Waals surface area contributed by atoms with Crippen molar-refractivity contribution in [1.29, 1.82) is 0 Å². The molecule has 8 heteroatoms. The maximum absolute atomic E-state index is 13.2. The number of piperidine rings is 1. The van der Waals surface area contributed by atoms with Gasteiger partial charge >= 0.3 is 5.97 Å². The Hall–Kier alpha value is -3.16. The summed E-state index contributed by atoms with van der Waals surface area (Å²) >= 11 is 0. The zero-order chi connectivity index (χ0) is 20.5. The first-order valence-electron chi connectivity index (χ1n) is 9.96. The highest BCUT2D eigenvalue weighted by Crippen LogP contribution is 2.29. The number of carbonyl (C=O) groups excluding carboxylic acids is 2. The molecule has 0 bridgehead atoms. The number of H-pyrrole nitrogens is 1. The molecule has 0 radical (unpaired) electrons. The predicted molar refractivity (Wildman–Crippen MR) is 107 cm³/mol. The van der Waals surface area contributed by atoms with E-state index >= 15 is 0 Å². The SMILES string of the molecule is CCOC(=O)c1[nH]c(C)c(C(=O)N2CCC(c3nnc4ccccn34)CC2)c1C. The summed E-state index contributed by atoms with van der Waals surface area (Å²) in [6.07, 6.45) is 3.63. The minimum Gasteiger partial charge on any atom is -0.461 e. The third kappa shape index (κ3) is 3.39. The van der Waals surface area contributed by atoms with Crippen LogP contribution in [0.5, 0.6) is 0 Å². The Kier molecular flexibility index (Phi) is 5.08. The number of hydrogen-bond donors (Lipinski definition) is 1. The van der Waals surface area contributed by atoms with Crippen LogP contribution in [-0.4, -0.2) is 56.1 Å². The van der Waals surface area contributed by atoms with Gasteiger partial charge < -0.3 is 14.6 Å². The Morgan fingerprint density at radius 3 is 2.69 bits per heavy atom. The summed E-state index contributed by atoms with van der Waals surface area (Å²) in [5, 5.41) is 8.61. The van der Waals surface area contributed by atoms with Crippen LogP contribution in [0.15, 0.2) is 24.4 Å². The summed E-state index contributed by atoms with van der Waals surface area (Å²) in [6.45, 7) is 6.95. The van der Waals surface area contributed by atoms with Crippen molar-refractivity contribution in [2.45, 2.75) is 39.5 Å². The molecule has 1 amide bonds. The smallest absolute Gasteiger partial charge is 0.355 e. The van der Waals surface area contributed by atoms with Crippen molar-refractivity contribution in [2.75, 3.05) is 19.7 Å². The van der Waals surface area contributed by atoms with Gasteiger partial charge in [0.2, 0.25) is 0 Å². The number of amides is 1. The van der Waals surface area contributed by atoms with Crippen molar-refractivity contribution >= 4 is 17.5 Å². The second-order valence-electron chi connectivity index (χ2n) is 7.40. The van der Waals surface area contributed by atoms with E-state index < -0.39 is 5.97 Å². The number of aromatic amines is 1. The molecule has 1 N–H and O–H groups in total. The first-order chi connectivity index (χ1) is 14.0. The van der Waals surface area contributed by atoms with E-state index in [2.05, 4.69) is 15.2 Å². The van der Waals surface area contributed by atoms with E-state index in [0.717, 1.165) is 24.3 Å². The van der Waals surface area contributed by atoms with Gasteiger partial charge in [0.25, 0.3) is 5.91 Å². The number of ether oxygens (including phenoxy) is 1. The highest BCUT2D eigenvalue weighted by atomic mass is 16.5. The molecule has 0 unspecified atom stereocenters. The summed E-state index contributed by atoms with van der Waals surface area (Å²) in [7, 11) is 0. The third-order valence-electron chi connectivity index (χ3n) is 5.62. The van der Waals surface area contributed by atoms with E-state index in [1.54, 1.807) is 13.8 Å². The molecule has 0 aliphatic carbocycles. The number of aryl methyl sites for hydroxylation is 1. The quantitative estimate of drug-likeness (QED) is 0.686. The molecule has 1 fully saturated rings. The van der Waals surface area contributed by atoms with Crippen LogP contribution in [0.3, 0.4) is 0 Å². The lowest BCUT2D eigenvalue weighted by Gasteiger charge is -2.31. The van der Waals surface area contributed by atoms with E-state index in [9.17, 15) is 9.59 Å². The van der Waals surface area contributed by atoms with Crippen LogP contribution in [0.4, 0.5) is 0 Å². The second-order valence-corrected chi connectivity index (χ2v) is 7.40. The molecule has 29 heavy (non-hydrogen) atoms. The molecule has 0 atom stereocenters. The van der Waals surface area contributed by atoms with E-state index in [1.165, 1.54) is 0 Å². The molecule has 4 heterocycles. The number of carbonyl (C=O) groups is 2. The molecule has 4 rings (SSSR count). The lowest BCUT2D eigenvalue weighted by molar-refractivity contribution is 0.0519. The van der Waals surface area contributed by atoms with E-state index in [-0.39, 0.29) is 11.8 Å². The highest BCUT2D eigenvalue weighted by molar-refractivity contribution is 6.01. The number of pyridine rings is 1. The number of likely N-dealkylation sites (tertiary alicyclic amines) is 1. The average molecular weight is 395 g/mol. The maximum Gasteiger partial charge on any atom is 0.355 e. The van der Waals surface area contributed by atoms with Gasteiger partial charge in [0.05, 0.1) is 12.2 Å². The van der Waals surface area contributed by atoms with Crippen LogP contribution in [0.2, 0.25) is 0 Å². The van der Waals surface area contributed by atoms with Crippen molar-refractivity contribution in [3.8, 4) is 0 Å². The molecule has 3 aromatic heterocycles. The number of nitrogens with one attached hydrogen (secondary N) is 1. The van der Waals surface area contributed by atoms with Gasteiger partial charge in [-0.25, -0.2) is 4.79 Å². The van der Waals surface area contributed by atoms with Gasteiger partial charge in [0.15, 0.2) is 5.65 Å². The van der Waals surface area contributed by atoms with Gasteiger partial charge in [0.1, 0.15) is 11.5 Å². The fourth-order valence-electron chi connectivity index (χ4n) is 4.12. The molecule has 152 valence electrons. The van der Waals surface area contributed by atoms with Crippen LogP contribution >= 0.6 is 0 Å². The average Bonchev–Trinajstić information content (AvgIpc) is 3.28. The molecular formula is C21H25N5O3. The standard InChI is InChI=1S/C21H25N5O3/c1-4-29-21(28)18-13(2)17(14(3)22-18)20(27)25-11-8-15(9-12-25)19-24-23-16-7-5-6-10-26(16)19/h5-7,10,15,22H,4,8-9,11-12H2,1-3H3. The predicted octanol–water partition coefficient (Wildman–Crippen LogP) is 2.87. The van der Waals surface area contributed by atoms with Gasteiger partial charge in [-0.2, -0.15) is 0 Å². The van der Waals surface area contributed by atoms with E-state index in [1.807, 2.05) is 40.6 Å². The number of nitrogens with zero attached hydrogens (tertiary/aromatic N) is 4.